The minimum absolute atomic E-state index is 0.255. The first kappa shape index (κ1) is 43.5. The Morgan fingerprint density at radius 1 is 0.476 bits per heavy atom. The van der Waals surface area contributed by atoms with E-state index in [1.54, 1.807) is 54.9 Å². The number of nitrogens with zero attached hydrogens (tertiary/aromatic N) is 2. The Bertz CT molecular complexity index is 2740. The van der Waals surface area contributed by atoms with Crippen LogP contribution in [0.2, 0.25) is 0 Å². The van der Waals surface area contributed by atoms with Crippen molar-refractivity contribution in [1.29, 1.82) is 0 Å². The smallest absolute Gasteiger partial charge is 0.336 e. The summed E-state index contributed by atoms with van der Waals surface area (Å²) < 4.78 is 41.8. The molecule has 63 heavy (non-hydrogen) atoms. The number of benzene rings is 4. The second-order valence-electron chi connectivity index (χ2n) is 14.1. The maximum absolute atomic E-state index is 13.1. The SMILES string of the molecule is Cc1cc(C(=C2C=CC(=O)O2)c2cc(C)c(O)c(C)c2)cc(C)c1O.O=C1C=CC(=C(c2ccc(F)cc2)c2ccc(F)cc2)O1.O=C1C=CC(=C(c2nccs2)c2nccs2)O1. The van der Waals surface area contributed by atoms with Crippen LogP contribution in [0, 0.1) is 39.3 Å². The third kappa shape index (κ3) is 10.2. The van der Waals surface area contributed by atoms with Crippen molar-refractivity contribution in [3.63, 3.8) is 0 Å². The van der Waals surface area contributed by atoms with E-state index < -0.39 is 11.9 Å². The lowest BCUT2D eigenvalue weighted by Crippen LogP contribution is -1.99. The van der Waals surface area contributed by atoms with Crippen molar-refractivity contribution >= 4 is 57.3 Å². The van der Waals surface area contributed by atoms with Crippen LogP contribution in [0.3, 0.4) is 0 Å². The van der Waals surface area contributed by atoms with Crippen LogP contribution in [0.15, 0.2) is 150 Å². The summed E-state index contributed by atoms with van der Waals surface area (Å²) in [5.74, 6) is -0.112. The Balaban J connectivity index is 0.000000144. The van der Waals surface area contributed by atoms with Crippen molar-refractivity contribution in [2.24, 2.45) is 0 Å². The van der Waals surface area contributed by atoms with Crippen molar-refractivity contribution in [2.45, 2.75) is 27.7 Å². The number of carbonyl (C=O) groups excluding carboxylic acids is 3. The summed E-state index contributed by atoms with van der Waals surface area (Å²) in [4.78, 5) is 42.4. The molecule has 0 atom stereocenters. The highest BCUT2D eigenvalue weighted by molar-refractivity contribution is 7.13. The Morgan fingerprint density at radius 3 is 1.08 bits per heavy atom. The largest absolute Gasteiger partial charge is 0.507 e. The van der Waals surface area contributed by atoms with Gasteiger partial charge in [0.15, 0.2) is 0 Å². The second-order valence-corrected chi connectivity index (χ2v) is 15.9. The third-order valence-corrected chi connectivity index (χ3v) is 11.2. The Labute approximate surface area is 368 Å². The molecule has 0 saturated carbocycles. The van der Waals surface area contributed by atoms with Gasteiger partial charge in [0.25, 0.3) is 0 Å². The first-order valence-corrected chi connectivity index (χ1v) is 20.9. The predicted molar refractivity (Wildman–Crippen MR) is 236 cm³/mol. The van der Waals surface area contributed by atoms with E-state index in [-0.39, 0.29) is 29.1 Å². The number of hydrogen-bond donors (Lipinski definition) is 2. The number of ether oxygens (including phenoxy) is 3. The summed E-state index contributed by atoms with van der Waals surface area (Å²) in [7, 11) is 0. The summed E-state index contributed by atoms with van der Waals surface area (Å²) in [5, 5.41) is 25.5. The molecule has 0 radical (unpaired) electrons. The Morgan fingerprint density at radius 2 is 0.794 bits per heavy atom. The number of halogens is 2. The van der Waals surface area contributed by atoms with E-state index in [1.165, 1.54) is 65.2 Å². The number of thiazole rings is 2. The molecule has 4 aromatic carbocycles. The van der Waals surface area contributed by atoms with Gasteiger partial charge < -0.3 is 24.4 Å². The van der Waals surface area contributed by atoms with E-state index in [1.807, 2.05) is 62.7 Å². The molecule has 3 aliphatic rings. The first-order valence-electron chi connectivity index (χ1n) is 19.1. The molecule has 2 N–H and O–H groups in total. The van der Waals surface area contributed by atoms with E-state index in [2.05, 4.69) is 9.97 Å². The van der Waals surface area contributed by atoms with E-state index in [0.29, 0.717) is 34.0 Å². The molecule has 2 aromatic heterocycles. The first-order chi connectivity index (χ1) is 30.2. The van der Waals surface area contributed by atoms with Crippen molar-refractivity contribution < 1.29 is 47.6 Å². The van der Waals surface area contributed by atoms with Gasteiger partial charge in [0.2, 0.25) is 0 Å². The van der Waals surface area contributed by atoms with Crippen LogP contribution < -0.4 is 0 Å². The van der Waals surface area contributed by atoms with Crippen LogP contribution in [0.1, 0.15) is 54.5 Å². The van der Waals surface area contributed by atoms with Gasteiger partial charge in [-0.25, -0.2) is 33.1 Å². The van der Waals surface area contributed by atoms with Crippen LogP contribution in [-0.4, -0.2) is 38.1 Å². The maximum atomic E-state index is 13.1. The van der Waals surface area contributed by atoms with Crippen LogP contribution in [0.4, 0.5) is 8.78 Å². The van der Waals surface area contributed by atoms with E-state index in [4.69, 9.17) is 14.2 Å². The van der Waals surface area contributed by atoms with Gasteiger partial charge in [0.05, 0.1) is 5.57 Å². The molecule has 0 fully saturated rings. The lowest BCUT2D eigenvalue weighted by molar-refractivity contribution is -0.133. The van der Waals surface area contributed by atoms with E-state index >= 15 is 0 Å². The molecule has 9 rings (SSSR count). The number of phenols is 2. The highest BCUT2D eigenvalue weighted by Gasteiger charge is 2.23. The monoisotopic (exact) mass is 882 g/mol. The number of phenolic OH excluding ortho intramolecular Hbond substituents is 2. The summed E-state index contributed by atoms with van der Waals surface area (Å²) in [6.07, 6.45) is 12.4. The van der Waals surface area contributed by atoms with Crippen LogP contribution in [0.5, 0.6) is 11.5 Å². The number of aryl methyl sites for hydroxylation is 4. The van der Waals surface area contributed by atoms with Crippen molar-refractivity contribution in [1.82, 2.24) is 9.97 Å². The van der Waals surface area contributed by atoms with Crippen LogP contribution >= 0.6 is 22.7 Å². The molecular weight excluding hydrogens is 847 g/mol. The zero-order valence-electron chi connectivity index (χ0n) is 34.0. The number of aromatic hydroxyl groups is 2. The molecular formula is C49H36F2N2O8S2. The fourth-order valence-corrected chi connectivity index (χ4v) is 8.14. The van der Waals surface area contributed by atoms with Crippen molar-refractivity contribution in [3.8, 4) is 11.5 Å². The molecule has 316 valence electrons. The number of carbonyl (C=O) groups is 3. The number of rotatable bonds is 6. The summed E-state index contributed by atoms with van der Waals surface area (Å²) in [6, 6.07) is 19.1. The fraction of sp³-hybridized carbons (Fsp3) is 0.0816. The molecule has 0 amide bonds. The maximum Gasteiger partial charge on any atom is 0.336 e. The molecule has 0 unspecified atom stereocenters. The quantitative estimate of drug-likeness (QED) is 0.122. The average Bonchev–Trinajstić information content (AvgIpc) is 4.13. The molecule has 0 spiro atoms. The topological polar surface area (TPSA) is 145 Å². The van der Waals surface area contributed by atoms with Crippen LogP contribution in [0.25, 0.3) is 16.7 Å². The Kier molecular flexibility index (Phi) is 13.1. The van der Waals surface area contributed by atoms with Gasteiger partial charge in [-0.3, -0.25) is 0 Å². The van der Waals surface area contributed by atoms with Gasteiger partial charge in [0.1, 0.15) is 50.4 Å². The number of esters is 3. The van der Waals surface area contributed by atoms with Gasteiger partial charge >= 0.3 is 17.9 Å². The average molecular weight is 883 g/mol. The molecule has 3 aliphatic heterocycles. The zero-order chi connectivity index (χ0) is 44.8. The van der Waals surface area contributed by atoms with Gasteiger partial charge in [0, 0.05) is 52.5 Å². The molecule has 10 nitrogen and oxygen atoms in total. The number of hydrogen-bond acceptors (Lipinski definition) is 12. The third-order valence-electron chi connectivity index (χ3n) is 9.60. The predicted octanol–water partition coefficient (Wildman–Crippen LogP) is 10.5. The van der Waals surface area contributed by atoms with Gasteiger partial charge in [-0.2, -0.15) is 0 Å². The molecule has 0 bridgehead atoms. The Hall–Kier alpha value is -7.55. The van der Waals surface area contributed by atoms with Gasteiger partial charge in [-0.15, -0.1) is 22.7 Å². The van der Waals surface area contributed by atoms with Crippen molar-refractivity contribution in [3.05, 3.63) is 216 Å². The second kappa shape index (κ2) is 19.0. The highest BCUT2D eigenvalue weighted by Crippen LogP contribution is 2.37. The summed E-state index contributed by atoms with van der Waals surface area (Å²) in [5.41, 5.74) is 8.14. The fourth-order valence-electron chi connectivity index (χ4n) is 6.70. The van der Waals surface area contributed by atoms with E-state index in [9.17, 15) is 33.4 Å². The lowest BCUT2D eigenvalue weighted by Gasteiger charge is -2.16. The minimum atomic E-state index is -0.466. The highest BCUT2D eigenvalue weighted by atomic mass is 32.1. The standard InChI is InChI=1S/C21H20O4.C17H10F2O2.C11H6N2O2S2/c1-11-7-15(8-12(2)20(11)23)19(17-5-6-18(22)25-17)16-9-13(3)21(24)14(4)10-16;18-13-5-1-11(2-6-13)17(15-9-10-16(20)21-15)12-3-7-14(19)8-4-12;14-8-2-1-7(15-8)9(10-12-3-5-16-10)11-13-4-6-17-11/h5-10,23-24H,1-4H3;1-10H;1-6H. The van der Waals surface area contributed by atoms with Crippen LogP contribution in [-0.2, 0) is 28.6 Å². The number of allylic oxidation sites excluding steroid dienone is 3. The van der Waals surface area contributed by atoms with E-state index in [0.717, 1.165) is 54.5 Å². The lowest BCUT2D eigenvalue weighted by atomic mass is 9.91. The minimum Gasteiger partial charge on any atom is -0.507 e. The molecule has 0 saturated heterocycles. The summed E-state index contributed by atoms with van der Waals surface area (Å²) in [6.45, 7) is 7.33. The summed E-state index contributed by atoms with van der Waals surface area (Å²) >= 11 is 2.98. The normalized spacial score (nSPS) is 13.6. The van der Waals surface area contributed by atoms with Crippen molar-refractivity contribution in [2.75, 3.05) is 0 Å². The number of aromatic nitrogens is 2. The number of cyclic esters (lactones) is 3. The molecule has 5 heterocycles. The molecule has 6 aromatic rings. The molecule has 14 heteroatoms. The van der Waals surface area contributed by atoms with Gasteiger partial charge in [-0.05, 0) is 139 Å². The zero-order valence-corrected chi connectivity index (χ0v) is 35.6. The molecule has 0 aliphatic carbocycles. The van der Waals surface area contributed by atoms with Gasteiger partial charge in [-0.1, -0.05) is 24.3 Å².